The van der Waals surface area contributed by atoms with Crippen molar-refractivity contribution in [1.29, 1.82) is 0 Å². The molecule has 0 bridgehead atoms. The van der Waals surface area contributed by atoms with Gasteiger partial charge in [0.25, 0.3) is 0 Å². The van der Waals surface area contributed by atoms with E-state index in [0.717, 1.165) is 5.56 Å². The van der Waals surface area contributed by atoms with Crippen molar-refractivity contribution in [2.45, 2.75) is 37.8 Å². The highest BCUT2D eigenvalue weighted by molar-refractivity contribution is 9.11. The first-order chi connectivity index (χ1) is 12.7. The molecule has 1 atom stereocenters. The van der Waals surface area contributed by atoms with E-state index >= 15 is 0 Å². The van der Waals surface area contributed by atoms with Gasteiger partial charge in [-0.3, -0.25) is 0 Å². The fraction of sp³-hybridized carbons (Fsp3) is 0.368. The topological polar surface area (TPSA) is 55.8 Å². The molecule has 0 fully saturated rings. The Kier molecular flexibility index (Phi) is 7.73. The van der Waals surface area contributed by atoms with Crippen LogP contribution in [0.15, 0.2) is 50.2 Å². The van der Waals surface area contributed by atoms with Crippen LogP contribution in [0.1, 0.15) is 25.8 Å². The summed E-state index contributed by atoms with van der Waals surface area (Å²) in [4.78, 5) is 0.227. The Morgan fingerprint density at radius 1 is 1.07 bits per heavy atom. The van der Waals surface area contributed by atoms with Gasteiger partial charge in [-0.2, -0.15) is 4.31 Å². The van der Waals surface area contributed by atoms with E-state index < -0.39 is 10.0 Å². The lowest BCUT2D eigenvalue weighted by Gasteiger charge is -2.29. The van der Waals surface area contributed by atoms with E-state index in [9.17, 15) is 8.42 Å². The van der Waals surface area contributed by atoms with Gasteiger partial charge in [0.15, 0.2) is 0 Å². The van der Waals surface area contributed by atoms with E-state index in [2.05, 4.69) is 31.9 Å². The number of nitrogens with zero attached hydrogens (tertiary/aromatic N) is 1. The van der Waals surface area contributed by atoms with Gasteiger partial charge in [0, 0.05) is 33.2 Å². The standard InChI is InChI=1S/C19H23Br2NO4S/c1-5-13(2)22(12-14-6-8-16(25-3)11-18(14)26-4)27(23,24)19-10-15(20)7-9-17(19)21/h6-11,13H,5,12H2,1-4H3. The Balaban J connectivity index is 2.52. The summed E-state index contributed by atoms with van der Waals surface area (Å²) in [6.45, 7) is 4.07. The summed E-state index contributed by atoms with van der Waals surface area (Å²) in [5.74, 6) is 1.24. The normalized spacial score (nSPS) is 12.9. The van der Waals surface area contributed by atoms with Crippen LogP contribution in [0.3, 0.4) is 0 Å². The molecule has 1 unspecified atom stereocenters. The Hall–Kier alpha value is -1.09. The second kappa shape index (κ2) is 9.41. The summed E-state index contributed by atoms with van der Waals surface area (Å²) in [7, 11) is -0.595. The first kappa shape index (κ1) is 22.2. The van der Waals surface area contributed by atoms with Gasteiger partial charge in [-0.25, -0.2) is 8.42 Å². The summed E-state index contributed by atoms with van der Waals surface area (Å²) in [5.41, 5.74) is 0.772. The molecule has 0 aromatic heterocycles. The molecule has 0 spiro atoms. The second-order valence-electron chi connectivity index (χ2n) is 6.06. The van der Waals surface area contributed by atoms with Crippen molar-refractivity contribution in [3.8, 4) is 11.5 Å². The van der Waals surface area contributed by atoms with Crippen molar-refractivity contribution in [3.63, 3.8) is 0 Å². The van der Waals surface area contributed by atoms with Crippen molar-refractivity contribution in [2.75, 3.05) is 14.2 Å². The highest BCUT2D eigenvalue weighted by Crippen LogP contribution is 2.33. The van der Waals surface area contributed by atoms with Crippen LogP contribution in [0.4, 0.5) is 0 Å². The van der Waals surface area contributed by atoms with Crippen LogP contribution < -0.4 is 9.47 Å². The lowest BCUT2D eigenvalue weighted by atomic mass is 10.1. The van der Waals surface area contributed by atoms with E-state index in [0.29, 0.717) is 26.9 Å². The summed E-state index contributed by atoms with van der Waals surface area (Å²) < 4.78 is 40.3. The minimum absolute atomic E-state index is 0.187. The molecule has 0 saturated heterocycles. The Bertz CT molecular complexity index is 903. The van der Waals surface area contributed by atoms with Crippen LogP contribution in [-0.4, -0.2) is 33.0 Å². The summed E-state index contributed by atoms with van der Waals surface area (Å²) in [5, 5.41) is 0. The molecule has 0 amide bonds. The average molecular weight is 521 g/mol. The van der Waals surface area contributed by atoms with Crippen LogP contribution in [0.25, 0.3) is 0 Å². The number of halogens is 2. The molecule has 0 aliphatic heterocycles. The number of sulfonamides is 1. The number of hydrogen-bond donors (Lipinski definition) is 0. The van der Waals surface area contributed by atoms with Crippen LogP contribution >= 0.6 is 31.9 Å². The lowest BCUT2D eigenvalue weighted by molar-refractivity contribution is 0.315. The second-order valence-corrected chi connectivity index (χ2v) is 9.69. The quantitative estimate of drug-likeness (QED) is 0.479. The molecule has 0 N–H and O–H groups in total. The predicted octanol–water partition coefficient (Wildman–Crippen LogP) is 5.22. The van der Waals surface area contributed by atoms with Crippen LogP contribution in [0, 0.1) is 0 Å². The van der Waals surface area contributed by atoms with Crippen LogP contribution in [-0.2, 0) is 16.6 Å². The number of rotatable bonds is 8. The Labute approximate surface area is 178 Å². The monoisotopic (exact) mass is 519 g/mol. The maximum Gasteiger partial charge on any atom is 0.244 e. The molecular weight excluding hydrogens is 498 g/mol. The Morgan fingerprint density at radius 3 is 2.37 bits per heavy atom. The molecule has 27 heavy (non-hydrogen) atoms. The van der Waals surface area contributed by atoms with Crippen molar-refractivity contribution in [2.24, 2.45) is 0 Å². The van der Waals surface area contributed by atoms with Crippen molar-refractivity contribution < 1.29 is 17.9 Å². The SMILES string of the molecule is CCC(C)N(Cc1ccc(OC)cc1OC)S(=O)(=O)c1cc(Br)ccc1Br. The molecule has 0 heterocycles. The molecule has 0 aliphatic carbocycles. The fourth-order valence-corrected chi connectivity index (χ4v) is 5.78. The fourth-order valence-electron chi connectivity index (χ4n) is 2.63. The Morgan fingerprint density at radius 2 is 1.78 bits per heavy atom. The van der Waals surface area contributed by atoms with E-state index in [1.807, 2.05) is 19.9 Å². The van der Waals surface area contributed by atoms with Crippen molar-refractivity contribution >= 4 is 41.9 Å². The van der Waals surface area contributed by atoms with Gasteiger partial charge in [0.2, 0.25) is 10.0 Å². The highest BCUT2D eigenvalue weighted by atomic mass is 79.9. The zero-order valence-corrected chi connectivity index (χ0v) is 19.7. The minimum Gasteiger partial charge on any atom is -0.497 e. The molecule has 5 nitrogen and oxygen atoms in total. The molecule has 148 valence electrons. The molecule has 2 aromatic carbocycles. The van der Waals surface area contributed by atoms with Gasteiger partial charge in [-0.15, -0.1) is 0 Å². The van der Waals surface area contributed by atoms with E-state index in [-0.39, 0.29) is 17.5 Å². The van der Waals surface area contributed by atoms with Gasteiger partial charge in [-0.1, -0.05) is 28.9 Å². The van der Waals surface area contributed by atoms with Crippen LogP contribution in [0.2, 0.25) is 0 Å². The first-order valence-electron chi connectivity index (χ1n) is 8.42. The van der Waals surface area contributed by atoms with Gasteiger partial charge in [0.05, 0.1) is 19.1 Å². The van der Waals surface area contributed by atoms with E-state index in [1.54, 1.807) is 44.6 Å². The zero-order valence-electron chi connectivity index (χ0n) is 15.7. The molecule has 2 rings (SSSR count). The van der Waals surface area contributed by atoms with Gasteiger partial charge in [0.1, 0.15) is 11.5 Å². The molecule has 0 saturated carbocycles. The van der Waals surface area contributed by atoms with Crippen molar-refractivity contribution in [3.05, 3.63) is 50.9 Å². The van der Waals surface area contributed by atoms with E-state index in [1.165, 1.54) is 4.31 Å². The molecule has 0 radical (unpaired) electrons. The number of hydrogen-bond acceptors (Lipinski definition) is 4. The average Bonchev–Trinajstić information content (AvgIpc) is 2.66. The number of ether oxygens (including phenoxy) is 2. The summed E-state index contributed by atoms with van der Waals surface area (Å²) in [6.07, 6.45) is 0.684. The third-order valence-electron chi connectivity index (χ3n) is 4.38. The third kappa shape index (κ3) is 5.04. The maximum absolute atomic E-state index is 13.4. The smallest absolute Gasteiger partial charge is 0.244 e. The first-order valence-corrected chi connectivity index (χ1v) is 11.4. The highest BCUT2D eigenvalue weighted by Gasteiger charge is 2.31. The molecule has 8 heteroatoms. The number of methoxy groups -OCH3 is 2. The summed E-state index contributed by atoms with van der Waals surface area (Å²) in [6, 6.07) is 10.3. The van der Waals surface area contributed by atoms with Crippen LogP contribution in [0.5, 0.6) is 11.5 Å². The molecule has 0 aliphatic rings. The van der Waals surface area contributed by atoms with E-state index in [4.69, 9.17) is 9.47 Å². The van der Waals surface area contributed by atoms with Crippen molar-refractivity contribution in [1.82, 2.24) is 4.31 Å². The maximum atomic E-state index is 13.4. The summed E-state index contributed by atoms with van der Waals surface area (Å²) >= 11 is 6.73. The number of benzene rings is 2. The third-order valence-corrected chi connectivity index (χ3v) is 7.83. The predicted molar refractivity (Wildman–Crippen MR) is 114 cm³/mol. The largest absolute Gasteiger partial charge is 0.497 e. The minimum atomic E-state index is -3.73. The van der Waals surface area contributed by atoms with Gasteiger partial charge >= 0.3 is 0 Å². The van der Waals surface area contributed by atoms with Gasteiger partial charge < -0.3 is 9.47 Å². The lowest BCUT2D eigenvalue weighted by Crippen LogP contribution is -2.38. The molecular formula is C19H23Br2NO4S. The van der Waals surface area contributed by atoms with Gasteiger partial charge in [-0.05, 0) is 53.5 Å². The molecule has 2 aromatic rings. The zero-order chi connectivity index (χ0) is 20.2.